The van der Waals surface area contributed by atoms with Crippen molar-refractivity contribution in [1.82, 2.24) is 0 Å². The fraction of sp³-hybridized carbons (Fsp3) is 0. The zero-order chi connectivity index (χ0) is 12.0. The standard InChI is InChI=1S/C6H5ClO.C6H4O2/c7-5-1-3-6(8)4-2-5;7-5-1-2-6(8)4-3-5/h1-4,8H;1-4H. The van der Waals surface area contributed by atoms with Gasteiger partial charge in [0.05, 0.1) is 0 Å². The fourth-order valence-corrected chi connectivity index (χ4v) is 1.01. The predicted molar refractivity (Wildman–Crippen MR) is 61.4 cm³/mol. The van der Waals surface area contributed by atoms with Gasteiger partial charge in [-0.05, 0) is 48.6 Å². The SMILES string of the molecule is O=C1C=CC(=O)C=C1.Oc1ccc(Cl)cc1. The number of benzene rings is 1. The van der Waals surface area contributed by atoms with Gasteiger partial charge in [-0.25, -0.2) is 0 Å². The molecule has 1 aliphatic carbocycles. The highest BCUT2D eigenvalue weighted by molar-refractivity contribution is 6.30. The molecule has 3 nitrogen and oxygen atoms in total. The van der Waals surface area contributed by atoms with Crippen LogP contribution >= 0.6 is 11.6 Å². The molecule has 1 aromatic carbocycles. The molecule has 0 unspecified atom stereocenters. The number of hydrogen-bond donors (Lipinski definition) is 1. The van der Waals surface area contributed by atoms with Gasteiger partial charge in [-0.2, -0.15) is 0 Å². The van der Waals surface area contributed by atoms with Gasteiger partial charge in [-0.1, -0.05) is 11.6 Å². The van der Waals surface area contributed by atoms with Gasteiger partial charge in [-0.15, -0.1) is 0 Å². The summed E-state index contributed by atoms with van der Waals surface area (Å²) in [6, 6.07) is 6.36. The zero-order valence-corrected chi connectivity index (χ0v) is 9.02. The average Bonchev–Trinajstić information content (AvgIpc) is 2.28. The van der Waals surface area contributed by atoms with E-state index >= 15 is 0 Å². The molecule has 0 bridgehead atoms. The fourth-order valence-electron chi connectivity index (χ4n) is 0.881. The molecular formula is C12H9ClO3. The van der Waals surface area contributed by atoms with Crippen molar-refractivity contribution in [2.75, 3.05) is 0 Å². The van der Waals surface area contributed by atoms with E-state index in [0.29, 0.717) is 5.02 Å². The van der Waals surface area contributed by atoms with Crippen molar-refractivity contribution in [2.45, 2.75) is 0 Å². The third kappa shape index (κ3) is 4.57. The number of rotatable bonds is 0. The average molecular weight is 237 g/mol. The lowest BCUT2D eigenvalue weighted by Gasteiger charge is -1.87. The summed E-state index contributed by atoms with van der Waals surface area (Å²) in [5.74, 6) is 0.00333. The molecule has 16 heavy (non-hydrogen) atoms. The van der Waals surface area contributed by atoms with E-state index in [1.165, 1.54) is 24.3 Å². The van der Waals surface area contributed by atoms with Gasteiger partial charge in [0.15, 0.2) is 11.6 Å². The van der Waals surface area contributed by atoms with Crippen LogP contribution in [0.15, 0.2) is 48.6 Å². The minimum Gasteiger partial charge on any atom is -0.508 e. The number of phenols is 1. The Morgan fingerprint density at radius 1 is 0.812 bits per heavy atom. The Bertz CT molecular complexity index is 385. The highest BCUT2D eigenvalue weighted by Gasteiger charge is 1.97. The van der Waals surface area contributed by atoms with Gasteiger partial charge in [0.1, 0.15) is 5.75 Å². The molecule has 1 aromatic rings. The normalized spacial score (nSPS) is 13.3. The van der Waals surface area contributed by atoms with E-state index in [4.69, 9.17) is 16.7 Å². The van der Waals surface area contributed by atoms with Crippen molar-refractivity contribution >= 4 is 23.2 Å². The van der Waals surface area contributed by atoms with Gasteiger partial charge in [0.25, 0.3) is 0 Å². The third-order valence-electron chi connectivity index (χ3n) is 1.65. The number of aromatic hydroxyl groups is 1. The Labute approximate surface area is 97.7 Å². The summed E-state index contributed by atoms with van der Waals surface area (Å²) >= 11 is 5.50. The maximum Gasteiger partial charge on any atom is 0.178 e. The van der Waals surface area contributed by atoms with Gasteiger partial charge in [0, 0.05) is 5.02 Å². The summed E-state index contributed by atoms with van der Waals surface area (Å²) in [4.78, 5) is 20.6. The Balaban J connectivity index is 0.000000160. The van der Waals surface area contributed by atoms with E-state index in [1.54, 1.807) is 24.3 Å². The molecule has 0 aromatic heterocycles. The molecule has 1 aliphatic rings. The van der Waals surface area contributed by atoms with Crippen LogP contribution in [0.2, 0.25) is 5.02 Å². The van der Waals surface area contributed by atoms with Crippen LogP contribution in [-0.2, 0) is 9.59 Å². The molecule has 0 saturated carbocycles. The number of carbonyl (C=O) groups excluding carboxylic acids is 2. The first-order valence-corrected chi connectivity index (χ1v) is 4.84. The highest BCUT2D eigenvalue weighted by atomic mass is 35.5. The lowest BCUT2D eigenvalue weighted by atomic mass is 10.2. The van der Waals surface area contributed by atoms with Gasteiger partial charge in [-0.3, -0.25) is 9.59 Å². The molecule has 0 spiro atoms. The minimum atomic E-state index is -0.121. The minimum absolute atomic E-state index is 0.121. The third-order valence-corrected chi connectivity index (χ3v) is 1.90. The zero-order valence-electron chi connectivity index (χ0n) is 8.26. The highest BCUT2D eigenvalue weighted by Crippen LogP contribution is 2.12. The van der Waals surface area contributed by atoms with Crippen LogP contribution < -0.4 is 0 Å². The lowest BCUT2D eigenvalue weighted by Crippen LogP contribution is -1.97. The van der Waals surface area contributed by atoms with Gasteiger partial charge in [0.2, 0.25) is 0 Å². The van der Waals surface area contributed by atoms with Crippen molar-refractivity contribution < 1.29 is 14.7 Å². The molecule has 0 amide bonds. The van der Waals surface area contributed by atoms with Crippen LogP contribution in [-0.4, -0.2) is 16.7 Å². The van der Waals surface area contributed by atoms with E-state index in [2.05, 4.69) is 0 Å². The number of phenolic OH excluding ortho intramolecular Hbond substituents is 1. The van der Waals surface area contributed by atoms with Crippen LogP contribution in [0.4, 0.5) is 0 Å². The van der Waals surface area contributed by atoms with Crippen LogP contribution in [0.3, 0.4) is 0 Å². The number of ketones is 2. The Morgan fingerprint density at radius 2 is 1.19 bits per heavy atom. The summed E-state index contributed by atoms with van der Waals surface area (Å²) in [5, 5.41) is 9.34. The van der Waals surface area contributed by atoms with Crippen molar-refractivity contribution in [3.05, 3.63) is 53.6 Å². The van der Waals surface area contributed by atoms with Gasteiger partial charge >= 0.3 is 0 Å². The van der Waals surface area contributed by atoms with E-state index in [9.17, 15) is 9.59 Å². The van der Waals surface area contributed by atoms with Crippen molar-refractivity contribution in [3.8, 4) is 5.75 Å². The Morgan fingerprint density at radius 3 is 1.50 bits per heavy atom. The summed E-state index contributed by atoms with van der Waals surface area (Å²) in [6.45, 7) is 0. The summed E-state index contributed by atoms with van der Waals surface area (Å²) in [6.07, 6.45) is 5.01. The van der Waals surface area contributed by atoms with E-state index in [0.717, 1.165) is 0 Å². The molecule has 0 heterocycles. The molecule has 82 valence electrons. The molecule has 0 saturated heterocycles. The quantitative estimate of drug-likeness (QED) is 0.704. The van der Waals surface area contributed by atoms with E-state index in [1.807, 2.05) is 0 Å². The van der Waals surface area contributed by atoms with E-state index < -0.39 is 0 Å². The molecule has 2 rings (SSSR count). The largest absolute Gasteiger partial charge is 0.508 e. The molecule has 0 radical (unpaired) electrons. The summed E-state index contributed by atoms with van der Waals surface area (Å²) in [7, 11) is 0. The van der Waals surface area contributed by atoms with Gasteiger partial charge < -0.3 is 5.11 Å². The first-order valence-electron chi connectivity index (χ1n) is 4.46. The molecule has 1 N–H and O–H groups in total. The number of halogens is 1. The lowest BCUT2D eigenvalue weighted by molar-refractivity contribution is -0.113. The second-order valence-corrected chi connectivity index (χ2v) is 3.38. The molecule has 0 atom stereocenters. The molecule has 4 heteroatoms. The van der Waals surface area contributed by atoms with Crippen molar-refractivity contribution in [3.63, 3.8) is 0 Å². The number of carbonyl (C=O) groups is 2. The van der Waals surface area contributed by atoms with Crippen LogP contribution in [0.25, 0.3) is 0 Å². The van der Waals surface area contributed by atoms with Crippen LogP contribution in [0.1, 0.15) is 0 Å². The Hall–Kier alpha value is -1.87. The van der Waals surface area contributed by atoms with Crippen LogP contribution in [0, 0.1) is 0 Å². The summed E-state index contributed by atoms with van der Waals surface area (Å²) < 4.78 is 0. The molecular weight excluding hydrogens is 228 g/mol. The molecule has 0 fully saturated rings. The maximum atomic E-state index is 10.3. The number of allylic oxidation sites excluding steroid dienone is 4. The smallest absolute Gasteiger partial charge is 0.178 e. The first kappa shape index (κ1) is 12.2. The van der Waals surface area contributed by atoms with Crippen molar-refractivity contribution in [1.29, 1.82) is 0 Å². The maximum absolute atomic E-state index is 10.3. The first-order chi connectivity index (χ1) is 7.58. The second kappa shape index (κ2) is 5.88. The summed E-state index contributed by atoms with van der Waals surface area (Å²) in [5.41, 5.74) is 0. The topological polar surface area (TPSA) is 54.4 Å². The molecule has 0 aliphatic heterocycles. The van der Waals surface area contributed by atoms with Crippen LogP contribution in [0.5, 0.6) is 5.75 Å². The Kier molecular flexibility index (Phi) is 4.48. The van der Waals surface area contributed by atoms with E-state index in [-0.39, 0.29) is 17.3 Å². The predicted octanol–water partition coefficient (Wildman–Crippen LogP) is 2.30. The van der Waals surface area contributed by atoms with Crippen molar-refractivity contribution in [2.24, 2.45) is 0 Å². The second-order valence-electron chi connectivity index (χ2n) is 2.95. The monoisotopic (exact) mass is 236 g/mol. The number of hydrogen-bond acceptors (Lipinski definition) is 3.